The van der Waals surface area contributed by atoms with Gasteiger partial charge in [0.05, 0.1) is 13.7 Å². The van der Waals surface area contributed by atoms with Crippen LogP contribution in [-0.4, -0.2) is 43.6 Å². The molecule has 110 valence electrons. The fourth-order valence-electron chi connectivity index (χ4n) is 2.57. The Kier molecular flexibility index (Phi) is 8.04. The van der Waals surface area contributed by atoms with E-state index in [4.69, 9.17) is 9.47 Å². The summed E-state index contributed by atoms with van der Waals surface area (Å²) in [6, 6.07) is 0. The van der Waals surface area contributed by atoms with Crippen molar-refractivity contribution in [3.05, 3.63) is 0 Å². The van der Waals surface area contributed by atoms with E-state index in [1.54, 1.807) is 0 Å². The van der Waals surface area contributed by atoms with Crippen molar-refractivity contribution < 1.29 is 19.1 Å². The number of methoxy groups -OCH3 is 1. The molecule has 0 radical (unpaired) electrons. The zero-order valence-corrected chi connectivity index (χ0v) is 12.9. The van der Waals surface area contributed by atoms with Crippen LogP contribution in [0.3, 0.4) is 0 Å². The molecule has 0 saturated heterocycles. The maximum absolute atomic E-state index is 11.3. The molecular formula is C14H25O4P. The van der Waals surface area contributed by atoms with Gasteiger partial charge in [-0.3, -0.25) is 9.59 Å². The molecule has 1 unspecified atom stereocenters. The Morgan fingerprint density at radius 2 is 1.84 bits per heavy atom. The molecule has 5 heteroatoms. The van der Waals surface area contributed by atoms with Crippen molar-refractivity contribution in [2.75, 3.05) is 26.0 Å². The van der Waals surface area contributed by atoms with Crippen molar-refractivity contribution in [2.24, 2.45) is 0 Å². The van der Waals surface area contributed by atoms with E-state index in [0.717, 1.165) is 18.0 Å². The number of carbonyl (C=O) groups excluding carboxylic acids is 2. The molecule has 1 saturated carbocycles. The van der Waals surface area contributed by atoms with Crippen LogP contribution < -0.4 is 0 Å². The van der Waals surface area contributed by atoms with Crippen molar-refractivity contribution in [2.45, 2.75) is 51.1 Å². The molecule has 1 atom stereocenters. The number of carbonyl (C=O) groups is 2. The quantitative estimate of drug-likeness (QED) is 0.534. The lowest BCUT2D eigenvalue weighted by atomic mass is 10.0. The van der Waals surface area contributed by atoms with Crippen LogP contribution in [-0.2, 0) is 19.1 Å². The molecule has 0 amide bonds. The van der Waals surface area contributed by atoms with Gasteiger partial charge in [-0.2, -0.15) is 0 Å². The predicted octanol–water partition coefficient (Wildman–Crippen LogP) is 2.93. The zero-order valence-electron chi connectivity index (χ0n) is 12.0. The lowest BCUT2D eigenvalue weighted by Gasteiger charge is -2.30. The second kappa shape index (κ2) is 9.30. The van der Waals surface area contributed by atoms with Crippen molar-refractivity contribution in [1.29, 1.82) is 0 Å². The predicted molar refractivity (Wildman–Crippen MR) is 76.8 cm³/mol. The minimum atomic E-state index is -0.226. The standard InChI is InChI=1S/C14H25O4P/c1-12(15)18-9-11-19(10-8-14(16)17-2)13-6-4-3-5-7-13/h13H,3-11H2,1-2H3. The second-order valence-electron chi connectivity index (χ2n) is 4.99. The highest BCUT2D eigenvalue weighted by molar-refractivity contribution is 7.58. The fraction of sp³-hybridized carbons (Fsp3) is 0.857. The summed E-state index contributed by atoms with van der Waals surface area (Å²) in [5, 5.41) is 0. The van der Waals surface area contributed by atoms with E-state index in [1.807, 2.05) is 0 Å². The Morgan fingerprint density at radius 1 is 1.16 bits per heavy atom. The van der Waals surface area contributed by atoms with Gasteiger partial charge in [0.2, 0.25) is 0 Å². The molecule has 1 aliphatic carbocycles. The third kappa shape index (κ3) is 6.91. The van der Waals surface area contributed by atoms with E-state index in [9.17, 15) is 9.59 Å². The lowest BCUT2D eigenvalue weighted by Crippen LogP contribution is -2.17. The normalized spacial score (nSPS) is 17.8. The third-order valence-electron chi connectivity index (χ3n) is 3.61. The molecule has 0 spiro atoms. The first kappa shape index (κ1) is 16.4. The molecule has 1 aliphatic rings. The summed E-state index contributed by atoms with van der Waals surface area (Å²) < 4.78 is 9.77. The van der Waals surface area contributed by atoms with Gasteiger partial charge >= 0.3 is 11.9 Å². The monoisotopic (exact) mass is 288 g/mol. The Labute approximate surface area is 117 Å². The van der Waals surface area contributed by atoms with E-state index in [0.29, 0.717) is 13.0 Å². The van der Waals surface area contributed by atoms with E-state index in [1.165, 1.54) is 46.1 Å². The van der Waals surface area contributed by atoms with E-state index < -0.39 is 0 Å². The molecule has 1 fully saturated rings. The third-order valence-corrected chi connectivity index (χ3v) is 6.71. The zero-order chi connectivity index (χ0) is 14.1. The Bertz CT molecular complexity index is 287. The second-order valence-corrected chi connectivity index (χ2v) is 7.80. The summed E-state index contributed by atoms with van der Waals surface area (Å²) in [7, 11) is 1.21. The lowest BCUT2D eigenvalue weighted by molar-refractivity contribution is -0.141. The Morgan fingerprint density at radius 3 is 2.42 bits per heavy atom. The number of esters is 2. The first-order valence-corrected chi connectivity index (χ1v) is 8.86. The van der Waals surface area contributed by atoms with Gasteiger partial charge in [0, 0.05) is 19.5 Å². The molecule has 0 N–H and O–H groups in total. The molecular weight excluding hydrogens is 263 g/mol. The number of ether oxygens (including phenoxy) is 2. The van der Waals surface area contributed by atoms with Crippen molar-refractivity contribution in [1.82, 2.24) is 0 Å². The summed E-state index contributed by atoms with van der Waals surface area (Å²) >= 11 is 0. The summed E-state index contributed by atoms with van der Waals surface area (Å²) in [6.07, 6.45) is 8.81. The molecule has 19 heavy (non-hydrogen) atoms. The summed E-state index contributed by atoms with van der Waals surface area (Å²) in [6.45, 7) is 1.94. The average Bonchev–Trinajstić information content (AvgIpc) is 2.42. The summed E-state index contributed by atoms with van der Waals surface area (Å²) in [4.78, 5) is 22.1. The van der Waals surface area contributed by atoms with Crippen LogP contribution in [0.4, 0.5) is 0 Å². The van der Waals surface area contributed by atoms with Crippen molar-refractivity contribution in [3.63, 3.8) is 0 Å². The number of rotatable bonds is 7. The molecule has 0 bridgehead atoms. The van der Waals surface area contributed by atoms with Crippen LogP contribution in [0.15, 0.2) is 0 Å². The topological polar surface area (TPSA) is 52.6 Å². The molecule has 0 aromatic rings. The molecule has 4 nitrogen and oxygen atoms in total. The van der Waals surface area contributed by atoms with Crippen LogP contribution >= 0.6 is 7.92 Å². The van der Waals surface area contributed by atoms with Crippen LogP contribution in [0, 0.1) is 0 Å². The number of hydrogen-bond donors (Lipinski definition) is 0. The van der Waals surface area contributed by atoms with Gasteiger partial charge in [-0.05, 0) is 24.7 Å². The molecule has 1 rings (SSSR count). The highest BCUT2D eigenvalue weighted by atomic mass is 31.1. The van der Waals surface area contributed by atoms with Gasteiger partial charge < -0.3 is 9.47 Å². The highest BCUT2D eigenvalue weighted by Crippen LogP contribution is 2.48. The first-order valence-electron chi connectivity index (χ1n) is 7.07. The fourth-order valence-corrected chi connectivity index (χ4v) is 5.41. The largest absolute Gasteiger partial charge is 0.469 e. The summed E-state index contributed by atoms with van der Waals surface area (Å²) in [5.41, 5.74) is 0.740. The smallest absolute Gasteiger partial charge is 0.305 e. The van der Waals surface area contributed by atoms with Crippen LogP contribution in [0.1, 0.15) is 45.4 Å². The maximum atomic E-state index is 11.3. The molecule has 0 heterocycles. The van der Waals surface area contributed by atoms with Crippen LogP contribution in [0.5, 0.6) is 0 Å². The highest BCUT2D eigenvalue weighted by Gasteiger charge is 2.23. The van der Waals surface area contributed by atoms with Gasteiger partial charge in [-0.1, -0.05) is 27.2 Å². The Hall–Kier alpha value is -0.630. The van der Waals surface area contributed by atoms with E-state index in [2.05, 4.69) is 0 Å². The van der Waals surface area contributed by atoms with Gasteiger partial charge in [0.15, 0.2) is 0 Å². The minimum absolute atomic E-state index is 0.129. The SMILES string of the molecule is COC(=O)CCP(CCOC(C)=O)C1CCCCC1. The van der Waals surface area contributed by atoms with Crippen molar-refractivity contribution in [3.8, 4) is 0 Å². The van der Waals surface area contributed by atoms with Gasteiger partial charge in [-0.25, -0.2) is 0 Å². The average molecular weight is 288 g/mol. The number of hydrogen-bond acceptors (Lipinski definition) is 4. The maximum Gasteiger partial charge on any atom is 0.305 e. The molecule has 0 aromatic heterocycles. The summed E-state index contributed by atoms with van der Waals surface area (Å²) in [5.74, 6) is -0.345. The molecule has 0 aromatic carbocycles. The minimum Gasteiger partial charge on any atom is -0.469 e. The molecule has 0 aliphatic heterocycles. The van der Waals surface area contributed by atoms with E-state index in [-0.39, 0.29) is 19.9 Å². The van der Waals surface area contributed by atoms with Crippen LogP contribution in [0.2, 0.25) is 0 Å². The van der Waals surface area contributed by atoms with Crippen LogP contribution in [0.25, 0.3) is 0 Å². The van der Waals surface area contributed by atoms with Gasteiger partial charge in [0.1, 0.15) is 0 Å². The van der Waals surface area contributed by atoms with Crippen molar-refractivity contribution >= 4 is 19.9 Å². The van der Waals surface area contributed by atoms with Gasteiger partial charge in [0.25, 0.3) is 0 Å². The Balaban J connectivity index is 2.41. The first-order chi connectivity index (χ1) is 9.13. The van der Waals surface area contributed by atoms with Gasteiger partial charge in [-0.15, -0.1) is 0 Å². The van der Waals surface area contributed by atoms with E-state index >= 15 is 0 Å².